The van der Waals surface area contributed by atoms with Gasteiger partial charge in [0.1, 0.15) is 0 Å². The van der Waals surface area contributed by atoms with E-state index in [2.05, 4.69) is 17.0 Å². The molecule has 1 unspecified atom stereocenters. The summed E-state index contributed by atoms with van der Waals surface area (Å²) in [5, 5.41) is 0. The predicted molar refractivity (Wildman–Crippen MR) is 73.4 cm³/mol. The number of nitrogens with two attached hydrogens (primary N) is 1. The molecule has 1 aromatic rings. The summed E-state index contributed by atoms with van der Waals surface area (Å²) >= 11 is 2.04. The Morgan fingerprint density at radius 3 is 2.76 bits per heavy atom. The van der Waals surface area contributed by atoms with Crippen molar-refractivity contribution in [1.82, 2.24) is 4.90 Å². The Hall–Kier alpha value is -0.380. The van der Waals surface area contributed by atoms with Crippen molar-refractivity contribution in [3.05, 3.63) is 21.9 Å². The van der Waals surface area contributed by atoms with Gasteiger partial charge in [-0.2, -0.15) is 0 Å². The molecule has 2 nitrogen and oxygen atoms in total. The highest BCUT2D eigenvalue weighted by molar-refractivity contribution is 7.12. The van der Waals surface area contributed by atoms with Gasteiger partial charge in [-0.1, -0.05) is 12.8 Å². The van der Waals surface area contributed by atoms with Crippen LogP contribution in [-0.2, 0) is 6.54 Å². The number of hydrogen-bond acceptors (Lipinski definition) is 3. The first-order valence-corrected chi connectivity index (χ1v) is 7.69. The van der Waals surface area contributed by atoms with Crippen molar-refractivity contribution < 1.29 is 0 Å². The molecule has 0 radical (unpaired) electrons. The summed E-state index contributed by atoms with van der Waals surface area (Å²) in [6.07, 6.45) is 6.85. The van der Waals surface area contributed by atoms with Crippen LogP contribution in [0.1, 0.15) is 47.8 Å². The molecule has 1 aromatic heterocycles. The van der Waals surface area contributed by atoms with Crippen LogP contribution in [0.5, 0.6) is 0 Å². The van der Waals surface area contributed by atoms with E-state index < -0.39 is 0 Å². The molecule has 1 saturated carbocycles. The van der Waals surface area contributed by atoms with E-state index >= 15 is 0 Å². The monoisotopic (exact) mass is 250 g/mol. The lowest BCUT2D eigenvalue weighted by atomic mass is 10.1. The summed E-state index contributed by atoms with van der Waals surface area (Å²) in [7, 11) is 0. The van der Waals surface area contributed by atoms with Crippen LogP contribution in [-0.4, -0.2) is 24.0 Å². The molecule has 2 N–H and O–H groups in total. The molecule has 17 heavy (non-hydrogen) atoms. The van der Waals surface area contributed by atoms with Crippen molar-refractivity contribution in [2.45, 2.75) is 50.6 Å². The maximum absolute atomic E-state index is 5.95. The zero-order valence-corrected chi connectivity index (χ0v) is 11.2. The Bertz CT molecular complexity index is 368. The van der Waals surface area contributed by atoms with Crippen molar-refractivity contribution in [1.29, 1.82) is 0 Å². The Morgan fingerprint density at radius 2 is 2.06 bits per heavy atom. The highest BCUT2D eigenvalue weighted by Crippen LogP contribution is 2.37. The summed E-state index contributed by atoms with van der Waals surface area (Å²) in [5.74, 6) is 0.870. The van der Waals surface area contributed by atoms with E-state index in [4.69, 9.17) is 5.73 Å². The molecule has 1 atom stereocenters. The van der Waals surface area contributed by atoms with Crippen molar-refractivity contribution >= 4 is 11.3 Å². The highest BCUT2D eigenvalue weighted by Gasteiger charge is 2.21. The van der Waals surface area contributed by atoms with Gasteiger partial charge < -0.3 is 5.73 Å². The molecule has 2 aliphatic rings. The fourth-order valence-electron chi connectivity index (χ4n) is 3.14. The highest BCUT2D eigenvalue weighted by atomic mass is 32.1. The minimum Gasteiger partial charge on any atom is -0.326 e. The molecule has 0 bridgehead atoms. The lowest BCUT2D eigenvalue weighted by molar-refractivity contribution is 0.330. The minimum absolute atomic E-state index is 0.407. The van der Waals surface area contributed by atoms with Gasteiger partial charge in [-0.3, -0.25) is 4.90 Å². The number of thiophene rings is 1. The first-order chi connectivity index (χ1) is 8.31. The Labute approximate surface area is 108 Å². The predicted octanol–water partition coefficient (Wildman–Crippen LogP) is 2.94. The van der Waals surface area contributed by atoms with Gasteiger partial charge in [-0.25, -0.2) is 0 Å². The summed E-state index contributed by atoms with van der Waals surface area (Å²) in [4.78, 5) is 5.65. The maximum Gasteiger partial charge on any atom is 0.0328 e. The van der Waals surface area contributed by atoms with Crippen LogP contribution in [0.3, 0.4) is 0 Å². The van der Waals surface area contributed by atoms with Crippen LogP contribution in [0.25, 0.3) is 0 Å². The maximum atomic E-state index is 5.95. The lowest BCUT2D eigenvalue weighted by Crippen LogP contribution is -2.25. The summed E-state index contributed by atoms with van der Waals surface area (Å²) in [5.41, 5.74) is 5.95. The Balaban J connectivity index is 1.60. The number of hydrogen-bond donors (Lipinski definition) is 1. The molecule has 1 saturated heterocycles. The third-order valence-electron chi connectivity index (χ3n) is 4.13. The molecule has 0 amide bonds. The molecule has 0 aromatic carbocycles. The van der Waals surface area contributed by atoms with Gasteiger partial charge in [-0.05, 0) is 37.3 Å². The van der Waals surface area contributed by atoms with Crippen molar-refractivity contribution in [2.75, 3.05) is 13.1 Å². The molecular formula is C14H22N2S. The van der Waals surface area contributed by atoms with Gasteiger partial charge in [-0.15, -0.1) is 11.3 Å². The number of rotatable bonds is 3. The Kier molecular flexibility index (Phi) is 3.50. The molecule has 2 heterocycles. The zero-order chi connectivity index (χ0) is 11.7. The normalized spacial score (nSPS) is 27.0. The lowest BCUT2D eigenvalue weighted by Gasteiger charge is -2.13. The fraction of sp³-hybridized carbons (Fsp3) is 0.714. The largest absolute Gasteiger partial charge is 0.326 e. The summed E-state index contributed by atoms with van der Waals surface area (Å²) < 4.78 is 0. The second-order valence-corrected chi connectivity index (χ2v) is 6.77. The molecule has 1 aliphatic heterocycles. The van der Waals surface area contributed by atoms with Crippen molar-refractivity contribution in [3.8, 4) is 0 Å². The third-order valence-corrected chi connectivity index (χ3v) is 5.36. The first-order valence-electron chi connectivity index (χ1n) is 6.88. The van der Waals surface area contributed by atoms with Gasteiger partial charge in [0.15, 0.2) is 0 Å². The number of likely N-dealkylation sites (tertiary alicyclic amines) is 1. The van der Waals surface area contributed by atoms with E-state index in [0.717, 1.165) is 19.0 Å². The first kappa shape index (κ1) is 11.7. The van der Waals surface area contributed by atoms with Crippen LogP contribution < -0.4 is 5.73 Å². The average molecular weight is 250 g/mol. The van der Waals surface area contributed by atoms with Crippen LogP contribution >= 0.6 is 11.3 Å². The summed E-state index contributed by atoms with van der Waals surface area (Å²) in [6.45, 7) is 3.37. The average Bonchev–Trinajstić information content (AvgIpc) is 3.00. The van der Waals surface area contributed by atoms with Gasteiger partial charge >= 0.3 is 0 Å². The van der Waals surface area contributed by atoms with E-state index in [1.54, 1.807) is 4.88 Å². The van der Waals surface area contributed by atoms with Crippen molar-refractivity contribution in [2.24, 2.45) is 5.73 Å². The standard InChI is InChI=1S/C14H22N2S/c15-12-7-8-16(9-12)10-13-5-6-14(17-13)11-3-1-2-4-11/h5-6,11-12H,1-4,7-10,15H2. The number of nitrogens with zero attached hydrogens (tertiary/aromatic N) is 1. The minimum atomic E-state index is 0.407. The van der Waals surface area contributed by atoms with E-state index in [0.29, 0.717) is 6.04 Å². The van der Waals surface area contributed by atoms with Crippen LogP contribution in [0, 0.1) is 0 Å². The van der Waals surface area contributed by atoms with E-state index in [1.165, 1.54) is 43.5 Å². The van der Waals surface area contributed by atoms with Crippen LogP contribution in [0.4, 0.5) is 0 Å². The molecule has 2 fully saturated rings. The van der Waals surface area contributed by atoms with Gasteiger partial charge in [0.25, 0.3) is 0 Å². The fourth-order valence-corrected chi connectivity index (χ4v) is 4.36. The smallest absolute Gasteiger partial charge is 0.0328 e. The van der Waals surface area contributed by atoms with E-state index in [1.807, 2.05) is 11.3 Å². The second-order valence-electron chi connectivity index (χ2n) is 5.57. The van der Waals surface area contributed by atoms with Gasteiger partial charge in [0.2, 0.25) is 0 Å². The molecule has 1 aliphatic carbocycles. The summed E-state index contributed by atoms with van der Waals surface area (Å²) in [6, 6.07) is 5.11. The zero-order valence-electron chi connectivity index (χ0n) is 10.4. The SMILES string of the molecule is NC1CCN(Cc2ccc(C3CCCC3)s2)C1. The van der Waals surface area contributed by atoms with Gasteiger partial charge in [0.05, 0.1) is 0 Å². The second kappa shape index (κ2) is 5.09. The third kappa shape index (κ3) is 2.72. The van der Waals surface area contributed by atoms with E-state index in [9.17, 15) is 0 Å². The molecule has 94 valence electrons. The topological polar surface area (TPSA) is 29.3 Å². The molecule has 3 rings (SSSR count). The van der Waals surface area contributed by atoms with Crippen LogP contribution in [0.2, 0.25) is 0 Å². The molecular weight excluding hydrogens is 228 g/mol. The van der Waals surface area contributed by atoms with Crippen molar-refractivity contribution in [3.63, 3.8) is 0 Å². The quantitative estimate of drug-likeness (QED) is 0.893. The molecule has 0 spiro atoms. The van der Waals surface area contributed by atoms with Crippen LogP contribution in [0.15, 0.2) is 12.1 Å². The van der Waals surface area contributed by atoms with Gasteiger partial charge in [0, 0.05) is 35.4 Å². The van der Waals surface area contributed by atoms with E-state index in [-0.39, 0.29) is 0 Å². The molecule has 3 heteroatoms. The Morgan fingerprint density at radius 1 is 1.24 bits per heavy atom.